The van der Waals surface area contributed by atoms with Crippen LogP contribution in [0.25, 0.3) is 0 Å². The Balaban J connectivity index is 1.88. The number of nitrogens with zero attached hydrogens (tertiary/aromatic N) is 6. The van der Waals surface area contributed by atoms with Crippen LogP contribution >= 0.6 is 0 Å². The summed E-state index contributed by atoms with van der Waals surface area (Å²) in [7, 11) is 0. The molecule has 0 fully saturated rings. The average Bonchev–Trinajstić information content (AvgIpc) is 2.86. The van der Waals surface area contributed by atoms with Crippen molar-refractivity contribution in [2.24, 2.45) is 5.73 Å². The summed E-state index contributed by atoms with van der Waals surface area (Å²) in [4.78, 5) is 10.5. The van der Waals surface area contributed by atoms with Crippen molar-refractivity contribution in [3.05, 3.63) is 30.1 Å². The molecular weight excluding hydrogens is 232 g/mol. The number of nitrogens with one attached hydrogen (secondary N) is 1. The van der Waals surface area contributed by atoms with E-state index in [1.807, 2.05) is 9.47 Å². The Bertz CT molecular complexity index is 589. The number of amidine groups is 1. The van der Waals surface area contributed by atoms with E-state index in [1.54, 1.807) is 18.6 Å². The molecule has 1 aliphatic heterocycles. The second-order valence-corrected chi connectivity index (χ2v) is 4.02. The van der Waals surface area contributed by atoms with Gasteiger partial charge in [-0.1, -0.05) is 0 Å². The van der Waals surface area contributed by atoms with Crippen LogP contribution in [0.1, 0.15) is 11.5 Å². The number of anilines is 1. The third kappa shape index (κ3) is 1.77. The standard InChI is InChI=1S/C10H12N8/c11-9(12)7-1-2-13-10(15-7)17-3-4-18-6-14-16-8(18)5-17/h1-2,6H,3-5H2,(H3,11,12). The third-order valence-corrected chi connectivity index (χ3v) is 2.84. The van der Waals surface area contributed by atoms with Gasteiger partial charge in [-0.15, -0.1) is 10.2 Å². The van der Waals surface area contributed by atoms with Gasteiger partial charge in [0.25, 0.3) is 0 Å². The zero-order valence-electron chi connectivity index (χ0n) is 9.61. The van der Waals surface area contributed by atoms with Gasteiger partial charge in [-0.2, -0.15) is 0 Å². The predicted molar refractivity (Wildman–Crippen MR) is 64.1 cm³/mol. The van der Waals surface area contributed by atoms with E-state index < -0.39 is 0 Å². The first kappa shape index (κ1) is 10.6. The molecule has 8 nitrogen and oxygen atoms in total. The van der Waals surface area contributed by atoms with Crippen LogP contribution in [0.2, 0.25) is 0 Å². The molecule has 3 heterocycles. The van der Waals surface area contributed by atoms with E-state index in [1.165, 1.54) is 0 Å². The number of rotatable bonds is 2. The minimum Gasteiger partial charge on any atom is -0.382 e. The summed E-state index contributed by atoms with van der Waals surface area (Å²) >= 11 is 0. The Hall–Kier alpha value is -2.51. The lowest BCUT2D eigenvalue weighted by atomic mass is 10.3. The molecule has 0 atom stereocenters. The topological polar surface area (TPSA) is 110 Å². The van der Waals surface area contributed by atoms with E-state index in [0.717, 1.165) is 18.9 Å². The molecule has 8 heteroatoms. The fourth-order valence-corrected chi connectivity index (χ4v) is 1.89. The molecule has 3 rings (SSSR count). The third-order valence-electron chi connectivity index (χ3n) is 2.84. The number of hydrogen-bond donors (Lipinski definition) is 2. The summed E-state index contributed by atoms with van der Waals surface area (Å²) in [5.41, 5.74) is 5.86. The normalized spacial score (nSPS) is 14.3. The van der Waals surface area contributed by atoms with E-state index in [9.17, 15) is 0 Å². The number of fused-ring (bicyclic) bond motifs is 1. The molecule has 92 valence electrons. The highest BCUT2D eigenvalue weighted by atomic mass is 15.4. The second-order valence-electron chi connectivity index (χ2n) is 4.02. The first-order valence-electron chi connectivity index (χ1n) is 5.53. The Labute approximate surface area is 103 Å². The number of nitrogen functional groups attached to an aromatic ring is 1. The van der Waals surface area contributed by atoms with Crippen LogP contribution in [0.5, 0.6) is 0 Å². The molecule has 0 amide bonds. The summed E-state index contributed by atoms with van der Waals surface area (Å²) in [6, 6.07) is 1.62. The molecule has 3 N–H and O–H groups in total. The molecule has 1 aliphatic rings. The summed E-state index contributed by atoms with van der Waals surface area (Å²) < 4.78 is 2.01. The fourth-order valence-electron chi connectivity index (χ4n) is 1.89. The highest BCUT2D eigenvalue weighted by Crippen LogP contribution is 2.15. The van der Waals surface area contributed by atoms with Gasteiger partial charge in [-0.3, -0.25) is 5.41 Å². The minimum atomic E-state index is -0.0566. The van der Waals surface area contributed by atoms with Gasteiger partial charge >= 0.3 is 0 Å². The highest BCUT2D eigenvalue weighted by Gasteiger charge is 2.19. The maximum Gasteiger partial charge on any atom is 0.226 e. The molecular formula is C10H12N8. The van der Waals surface area contributed by atoms with Gasteiger partial charge < -0.3 is 15.2 Å². The molecule has 2 aromatic rings. The number of hydrogen-bond acceptors (Lipinski definition) is 6. The van der Waals surface area contributed by atoms with Crippen molar-refractivity contribution < 1.29 is 0 Å². The van der Waals surface area contributed by atoms with Crippen LogP contribution < -0.4 is 10.6 Å². The molecule has 0 saturated carbocycles. The van der Waals surface area contributed by atoms with Gasteiger partial charge in [0, 0.05) is 19.3 Å². The first-order chi connectivity index (χ1) is 8.74. The molecule has 0 bridgehead atoms. The molecule has 0 unspecified atom stereocenters. The summed E-state index contributed by atoms with van der Waals surface area (Å²) in [6.45, 7) is 2.20. The lowest BCUT2D eigenvalue weighted by Gasteiger charge is -2.26. The Morgan fingerprint density at radius 1 is 1.39 bits per heavy atom. The summed E-state index contributed by atoms with van der Waals surface area (Å²) in [5, 5.41) is 15.3. The van der Waals surface area contributed by atoms with Gasteiger partial charge in [0.1, 0.15) is 17.9 Å². The van der Waals surface area contributed by atoms with Crippen molar-refractivity contribution >= 4 is 11.8 Å². The maximum absolute atomic E-state index is 7.38. The average molecular weight is 244 g/mol. The Kier molecular flexibility index (Phi) is 2.40. The van der Waals surface area contributed by atoms with Crippen molar-refractivity contribution in [2.75, 3.05) is 11.4 Å². The van der Waals surface area contributed by atoms with Crippen LogP contribution in [0.4, 0.5) is 5.95 Å². The van der Waals surface area contributed by atoms with Crippen LogP contribution in [0.15, 0.2) is 18.6 Å². The van der Waals surface area contributed by atoms with E-state index in [-0.39, 0.29) is 5.84 Å². The van der Waals surface area contributed by atoms with Crippen LogP contribution in [-0.4, -0.2) is 37.1 Å². The lowest BCUT2D eigenvalue weighted by Crippen LogP contribution is -2.35. The van der Waals surface area contributed by atoms with Gasteiger partial charge in [-0.25, -0.2) is 9.97 Å². The molecule has 0 saturated heterocycles. The van der Waals surface area contributed by atoms with Crippen molar-refractivity contribution in [1.82, 2.24) is 24.7 Å². The van der Waals surface area contributed by atoms with Gasteiger partial charge in [0.15, 0.2) is 5.82 Å². The molecule has 2 aromatic heterocycles. The Morgan fingerprint density at radius 2 is 2.28 bits per heavy atom. The Morgan fingerprint density at radius 3 is 3.11 bits per heavy atom. The van der Waals surface area contributed by atoms with E-state index >= 15 is 0 Å². The molecule has 0 radical (unpaired) electrons. The van der Waals surface area contributed by atoms with E-state index in [2.05, 4.69) is 20.2 Å². The SMILES string of the molecule is N=C(N)c1ccnc(N2CCn3cnnc3C2)n1. The maximum atomic E-state index is 7.38. The molecule has 0 aliphatic carbocycles. The van der Waals surface area contributed by atoms with E-state index in [0.29, 0.717) is 18.2 Å². The van der Waals surface area contributed by atoms with Crippen LogP contribution in [0.3, 0.4) is 0 Å². The van der Waals surface area contributed by atoms with Crippen LogP contribution in [-0.2, 0) is 13.1 Å². The summed E-state index contributed by atoms with van der Waals surface area (Å²) in [6.07, 6.45) is 3.33. The molecule has 18 heavy (non-hydrogen) atoms. The van der Waals surface area contributed by atoms with Crippen molar-refractivity contribution in [2.45, 2.75) is 13.1 Å². The van der Waals surface area contributed by atoms with E-state index in [4.69, 9.17) is 11.1 Å². The lowest BCUT2D eigenvalue weighted by molar-refractivity contribution is 0.551. The zero-order chi connectivity index (χ0) is 12.5. The highest BCUT2D eigenvalue weighted by molar-refractivity contribution is 5.93. The minimum absolute atomic E-state index is 0.0566. The largest absolute Gasteiger partial charge is 0.382 e. The quantitative estimate of drug-likeness (QED) is 0.537. The second kappa shape index (κ2) is 4.06. The van der Waals surface area contributed by atoms with Gasteiger partial charge in [-0.05, 0) is 6.07 Å². The monoisotopic (exact) mass is 244 g/mol. The molecule has 0 aromatic carbocycles. The van der Waals surface area contributed by atoms with Crippen molar-refractivity contribution in [3.63, 3.8) is 0 Å². The zero-order valence-corrected chi connectivity index (χ0v) is 9.61. The van der Waals surface area contributed by atoms with Gasteiger partial charge in [0.05, 0.1) is 6.54 Å². The smallest absolute Gasteiger partial charge is 0.226 e. The van der Waals surface area contributed by atoms with Crippen molar-refractivity contribution in [3.8, 4) is 0 Å². The summed E-state index contributed by atoms with van der Waals surface area (Å²) in [5.74, 6) is 1.40. The molecule has 0 spiro atoms. The van der Waals surface area contributed by atoms with Crippen molar-refractivity contribution in [1.29, 1.82) is 5.41 Å². The number of nitrogens with two attached hydrogens (primary N) is 1. The predicted octanol–water partition coefficient (Wildman–Crippen LogP) is -0.628. The first-order valence-corrected chi connectivity index (χ1v) is 5.53. The number of aromatic nitrogens is 5. The fraction of sp³-hybridized carbons (Fsp3) is 0.300. The van der Waals surface area contributed by atoms with Crippen LogP contribution in [0, 0.1) is 5.41 Å². The van der Waals surface area contributed by atoms with Gasteiger partial charge in [0.2, 0.25) is 5.95 Å².